The zero-order valence-electron chi connectivity index (χ0n) is 11.6. The number of benzene rings is 1. The van der Waals surface area contributed by atoms with Crippen molar-refractivity contribution in [2.75, 3.05) is 7.05 Å². The number of halogens is 1. The number of ether oxygens (including phenoxy) is 1. The van der Waals surface area contributed by atoms with Crippen LogP contribution in [0, 0.1) is 5.82 Å². The number of nitrogens with one attached hydrogen (secondary N) is 2. The lowest BCUT2D eigenvalue weighted by molar-refractivity contribution is -0.126. The van der Waals surface area contributed by atoms with Crippen LogP contribution in [-0.2, 0) is 4.79 Å². The number of carbonyl (C=O) groups excluding carboxylic acids is 2. The summed E-state index contributed by atoms with van der Waals surface area (Å²) < 4.78 is 18.7. The van der Waals surface area contributed by atoms with E-state index in [-0.39, 0.29) is 6.04 Å². The molecule has 0 aliphatic heterocycles. The molecule has 3 amide bonds. The van der Waals surface area contributed by atoms with Crippen molar-refractivity contribution in [2.24, 2.45) is 5.73 Å². The molecule has 20 heavy (non-hydrogen) atoms. The summed E-state index contributed by atoms with van der Waals surface area (Å²) in [6.45, 7) is 3.30. The van der Waals surface area contributed by atoms with Crippen LogP contribution in [0.2, 0.25) is 0 Å². The van der Waals surface area contributed by atoms with Crippen LogP contribution in [-0.4, -0.2) is 25.1 Å². The Kier molecular flexibility index (Phi) is 5.45. The van der Waals surface area contributed by atoms with Crippen LogP contribution < -0.4 is 21.1 Å². The average Bonchev–Trinajstić information content (AvgIpc) is 2.38. The second kappa shape index (κ2) is 6.85. The third-order valence-electron chi connectivity index (χ3n) is 2.79. The monoisotopic (exact) mass is 283 g/mol. The molecule has 1 rings (SSSR count). The summed E-state index contributed by atoms with van der Waals surface area (Å²) in [4.78, 5) is 22.2. The lowest BCUT2D eigenvalue weighted by Gasteiger charge is -2.19. The van der Waals surface area contributed by atoms with Gasteiger partial charge < -0.3 is 15.8 Å². The molecule has 0 radical (unpaired) electrons. The molecule has 6 nitrogen and oxygen atoms in total. The zero-order valence-corrected chi connectivity index (χ0v) is 11.6. The van der Waals surface area contributed by atoms with Crippen LogP contribution in [0.4, 0.5) is 9.18 Å². The predicted molar refractivity (Wildman–Crippen MR) is 71.7 cm³/mol. The lowest BCUT2D eigenvalue weighted by Crippen LogP contribution is -2.42. The maximum atomic E-state index is 13.3. The summed E-state index contributed by atoms with van der Waals surface area (Å²) in [7, 11) is 1.72. The first-order valence-corrected chi connectivity index (χ1v) is 6.08. The molecule has 0 fully saturated rings. The van der Waals surface area contributed by atoms with E-state index in [0.717, 1.165) is 0 Å². The van der Waals surface area contributed by atoms with Gasteiger partial charge in [0.15, 0.2) is 6.10 Å². The number of carbonyl (C=O) groups is 2. The number of imide groups is 1. The first-order valence-electron chi connectivity index (χ1n) is 6.08. The van der Waals surface area contributed by atoms with Crippen molar-refractivity contribution in [1.29, 1.82) is 0 Å². The Morgan fingerprint density at radius 3 is 2.55 bits per heavy atom. The van der Waals surface area contributed by atoms with Crippen LogP contribution in [0.5, 0.6) is 5.75 Å². The van der Waals surface area contributed by atoms with Gasteiger partial charge in [-0.3, -0.25) is 10.1 Å². The fraction of sp³-hybridized carbons (Fsp3) is 0.385. The van der Waals surface area contributed by atoms with E-state index in [1.165, 1.54) is 25.1 Å². The summed E-state index contributed by atoms with van der Waals surface area (Å²) in [5.41, 5.74) is 5.43. The molecule has 0 heterocycles. The number of hydrogen-bond acceptors (Lipinski definition) is 4. The van der Waals surface area contributed by atoms with Crippen LogP contribution >= 0.6 is 0 Å². The number of hydrogen-bond donors (Lipinski definition) is 3. The molecule has 0 spiro atoms. The first-order chi connectivity index (χ1) is 9.35. The minimum Gasteiger partial charge on any atom is -0.481 e. The zero-order chi connectivity index (χ0) is 15.3. The van der Waals surface area contributed by atoms with Gasteiger partial charge in [-0.25, -0.2) is 9.18 Å². The summed E-state index contributed by atoms with van der Waals surface area (Å²) in [5.74, 6) is -0.700. The van der Waals surface area contributed by atoms with Gasteiger partial charge in [-0.05, 0) is 39.1 Å². The second-order valence-corrected chi connectivity index (χ2v) is 4.31. The van der Waals surface area contributed by atoms with Crippen LogP contribution in [0.3, 0.4) is 0 Å². The van der Waals surface area contributed by atoms with E-state index in [4.69, 9.17) is 10.5 Å². The second-order valence-electron chi connectivity index (χ2n) is 4.31. The van der Waals surface area contributed by atoms with Crippen LogP contribution in [0.1, 0.15) is 25.5 Å². The Hall–Kier alpha value is -2.15. The first kappa shape index (κ1) is 15.9. The average molecular weight is 283 g/mol. The molecule has 0 aliphatic rings. The van der Waals surface area contributed by atoms with Gasteiger partial charge >= 0.3 is 6.03 Å². The van der Waals surface area contributed by atoms with E-state index in [1.54, 1.807) is 7.05 Å². The molecule has 0 saturated carbocycles. The molecule has 0 aromatic heterocycles. The fourth-order valence-electron chi connectivity index (χ4n) is 1.59. The lowest BCUT2D eigenvalue weighted by atomic mass is 10.1. The third kappa shape index (κ3) is 4.20. The summed E-state index contributed by atoms with van der Waals surface area (Å²) >= 11 is 0. The Bertz CT molecular complexity index is 508. The highest BCUT2D eigenvalue weighted by atomic mass is 19.1. The SMILES string of the molecule is CNC(C)c1cc(F)ccc1OC(C)C(=O)NC(N)=O. The maximum absolute atomic E-state index is 13.3. The molecular weight excluding hydrogens is 265 g/mol. The van der Waals surface area contributed by atoms with Crippen LogP contribution in [0.25, 0.3) is 0 Å². The van der Waals surface area contributed by atoms with Gasteiger partial charge in [0.2, 0.25) is 0 Å². The van der Waals surface area contributed by atoms with Crippen molar-refractivity contribution in [3.63, 3.8) is 0 Å². The van der Waals surface area contributed by atoms with Gasteiger partial charge in [0, 0.05) is 11.6 Å². The fourth-order valence-corrected chi connectivity index (χ4v) is 1.59. The quantitative estimate of drug-likeness (QED) is 0.753. The van der Waals surface area contributed by atoms with Crippen molar-refractivity contribution >= 4 is 11.9 Å². The molecule has 1 aromatic carbocycles. The van der Waals surface area contributed by atoms with Crippen molar-refractivity contribution in [2.45, 2.75) is 26.0 Å². The normalized spacial score (nSPS) is 13.4. The number of rotatable bonds is 5. The predicted octanol–water partition coefficient (Wildman–Crippen LogP) is 1.07. The maximum Gasteiger partial charge on any atom is 0.318 e. The Morgan fingerprint density at radius 1 is 1.35 bits per heavy atom. The Balaban J connectivity index is 2.91. The highest BCUT2D eigenvalue weighted by molar-refractivity contribution is 5.95. The van der Waals surface area contributed by atoms with Gasteiger partial charge in [0.05, 0.1) is 0 Å². The molecule has 2 atom stereocenters. The van der Waals surface area contributed by atoms with Gasteiger partial charge in [-0.1, -0.05) is 0 Å². The van der Waals surface area contributed by atoms with Gasteiger partial charge in [0.25, 0.3) is 5.91 Å². The molecule has 4 N–H and O–H groups in total. The number of urea groups is 1. The number of primary amides is 1. The molecule has 1 aromatic rings. The van der Waals surface area contributed by atoms with E-state index in [2.05, 4.69) is 5.32 Å². The van der Waals surface area contributed by atoms with Gasteiger partial charge in [-0.2, -0.15) is 0 Å². The largest absolute Gasteiger partial charge is 0.481 e. The van der Waals surface area contributed by atoms with Crippen molar-refractivity contribution < 1.29 is 18.7 Å². The number of amides is 3. The van der Waals surface area contributed by atoms with E-state index in [9.17, 15) is 14.0 Å². The summed E-state index contributed by atoms with van der Waals surface area (Å²) in [5, 5.41) is 4.88. The van der Waals surface area contributed by atoms with Crippen LogP contribution in [0.15, 0.2) is 18.2 Å². The van der Waals surface area contributed by atoms with E-state index < -0.39 is 23.9 Å². The molecule has 7 heteroatoms. The molecule has 0 bridgehead atoms. The summed E-state index contributed by atoms with van der Waals surface area (Å²) in [6.07, 6.45) is -0.934. The van der Waals surface area contributed by atoms with Gasteiger partial charge in [0.1, 0.15) is 11.6 Å². The van der Waals surface area contributed by atoms with E-state index in [0.29, 0.717) is 11.3 Å². The minimum atomic E-state index is -0.951. The van der Waals surface area contributed by atoms with E-state index >= 15 is 0 Å². The molecule has 2 unspecified atom stereocenters. The highest BCUT2D eigenvalue weighted by Gasteiger charge is 2.19. The summed E-state index contributed by atoms with van der Waals surface area (Å²) in [6, 6.07) is 2.89. The molecule has 110 valence electrons. The highest BCUT2D eigenvalue weighted by Crippen LogP contribution is 2.26. The Morgan fingerprint density at radius 2 is 2.00 bits per heavy atom. The third-order valence-corrected chi connectivity index (χ3v) is 2.79. The van der Waals surface area contributed by atoms with Gasteiger partial charge in [-0.15, -0.1) is 0 Å². The van der Waals surface area contributed by atoms with Crippen molar-refractivity contribution in [1.82, 2.24) is 10.6 Å². The Labute approximate surface area is 116 Å². The van der Waals surface area contributed by atoms with Crippen molar-refractivity contribution in [3.05, 3.63) is 29.6 Å². The van der Waals surface area contributed by atoms with Crippen molar-refractivity contribution in [3.8, 4) is 5.75 Å². The minimum absolute atomic E-state index is 0.160. The molecular formula is C13H18FN3O3. The van der Waals surface area contributed by atoms with E-state index in [1.807, 2.05) is 12.2 Å². The smallest absolute Gasteiger partial charge is 0.318 e. The number of nitrogens with two attached hydrogens (primary N) is 1. The topological polar surface area (TPSA) is 93.4 Å². The molecule has 0 aliphatic carbocycles. The molecule has 0 saturated heterocycles. The standard InChI is InChI=1S/C13H18FN3O3/c1-7(16-3)10-6-9(14)4-5-11(10)20-8(2)12(18)17-13(15)19/h4-8,16H,1-3H3,(H3,15,17,18,19).